The molecule has 0 saturated heterocycles. The van der Waals surface area contributed by atoms with Gasteiger partial charge >= 0.3 is 5.97 Å². The average Bonchev–Trinajstić information content (AvgIpc) is 2.71. The second-order valence-electron chi connectivity index (χ2n) is 3.57. The second-order valence-corrected chi connectivity index (χ2v) is 3.57. The van der Waals surface area contributed by atoms with E-state index in [4.69, 9.17) is 9.47 Å². The molecular formula is C12H13NO3. The fourth-order valence-electron chi connectivity index (χ4n) is 1.73. The van der Waals surface area contributed by atoms with Crippen LogP contribution in [0.2, 0.25) is 0 Å². The molecule has 0 amide bonds. The predicted octanol–water partition coefficient (Wildman–Crippen LogP) is 1.72. The van der Waals surface area contributed by atoms with Gasteiger partial charge in [-0.15, -0.1) is 0 Å². The van der Waals surface area contributed by atoms with Gasteiger partial charge in [-0.2, -0.15) is 0 Å². The molecule has 4 heteroatoms. The molecule has 1 aromatic carbocycles. The van der Waals surface area contributed by atoms with Crippen molar-refractivity contribution in [2.75, 3.05) is 7.11 Å². The van der Waals surface area contributed by atoms with Crippen LogP contribution in [0, 0.1) is 0 Å². The third-order valence-electron chi connectivity index (χ3n) is 2.48. The fourth-order valence-corrected chi connectivity index (χ4v) is 1.73. The number of esters is 1. The Hall–Kier alpha value is -1.84. The summed E-state index contributed by atoms with van der Waals surface area (Å²) < 4.78 is 10.2. The van der Waals surface area contributed by atoms with E-state index in [1.165, 1.54) is 7.11 Å². The molecule has 4 nitrogen and oxygen atoms in total. The Morgan fingerprint density at radius 1 is 1.38 bits per heavy atom. The molecule has 0 spiro atoms. The van der Waals surface area contributed by atoms with Gasteiger partial charge < -0.3 is 9.47 Å². The maximum absolute atomic E-state index is 11.5. The average molecular weight is 219 g/mol. The van der Waals surface area contributed by atoms with E-state index in [-0.39, 0.29) is 12.1 Å². The zero-order chi connectivity index (χ0) is 11.5. The third-order valence-corrected chi connectivity index (χ3v) is 2.48. The van der Waals surface area contributed by atoms with Crippen LogP contribution in [0.1, 0.15) is 18.6 Å². The third kappa shape index (κ3) is 1.91. The summed E-state index contributed by atoms with van der Waals surface area (Å²) in [6.07, 6.45) is -0.367. The Bertz CT molecular complexity index is 414. The molecule has 1 aromatic rings. The molecule has 0 N–H and O–H groups in total. The Morgan fingerprint density at radius 2 is 2.06 bits per heavy atom. The van der Waals surface area contributed by atoms with Gasteiger partial charge in [0.2, 0.25) is 0 Å². The second kappa shape index (κ2) is 4.35. The van der Waals surface area contributed by atoms with Gasteiger partial charge in [0.25, 0.3) is 0 Å². The van der Waals surface area contributed by atoms with E-state index < -0.39 is 6.04 Å². The molecule has 16 heavy (non-hydrogen) atoms. The van der Waals surface area contributed by atoms with Crippen LogP contribution >= 0.6 is 0 Å². The first-order valence-corrected chi connectivity index (χ1v) is 5.06. The largest absolute Gasteiger partial charge is 0.470 e. The monoisotopic (exact) mass is 219 g/mol. The Balaban J connectivity index is 2.26. The van der Waals surface area contributed by atoms with Crippen molar-refractivity contribution in [1.29, 1.82) is 0 Å². The van der Waals surface area contributed by atoms with Crippen molar-refractivity contribution >= 4 is 11.9 Å². The number of aliphatic imine (C=N–C) groups is 1. The molecule has 2 rings (SSSR count). The fraction of sp³-hybridized carbons (Fsp3) is 0.333. The standard InChI is InChI=1S/C12H13NO3/c1-8-13-10(12(14)15-2)11(16-8)9-6-4-3-5-7-9/h3-7,10-11H,1-2H3. The summed E-state index contributed by atoms with van der Waals surface area (Å²) in [7, 11) is 1.35. The molecular weight excluding hydrogens is 206 g/mol. The first-order chi connectivity index (χ1) is 7.72. The first-order valence-electron chi connectivity index (χ1n) is 5.06. The summed E-state index contributed by atoms with van der Waals surface area (Å²) in [6, 6.07) is 8.96. The van der Waals surface area contributed by atoms with E-state index in [9.17, 15) is 4.79 Å². The number of benzene rings is 1. The lowest BCUT2D eigenvalue weighted by atomic mass is 10.0. The minimum atomic E-state index is -0.590. The molecule has 1 heterocycles. The van der Waals surface area contributed by atoms with Crippen molar-refractivity contribution in [2.45, 2.75) is 19.1 Å². The smallest absolute Gasteiger partial charge is 0.335 e. The van der Waals surface area contributed by atoms with Crippen LogP contribution in [0.25, 0.3) is 0 Å². The van der Waals surface area contributed by atoms with E-state index in [0.29, 0.717) is 5.90 Å². The highest BCUT2D eigenvalue weighted by Crippen LogP contribution is 2.29. The van der Waals surface area contributed by atoms with Crippen LogP contribution in [0.4, 0.5) is 0 Å². The van der Waals surface area contributed by atoms with Gasteiger partial charge in [-0.05, 0) is 5.56 Å². The number of carbonyl (C=O) groups excluding carboxylic acids is 1. The summed E-state index contributed by atoms with van der Waals surface area (Å²) in [5, 5.41) is 0. The van der Waals surface area contributed by atoms with Crippen LogP contribution < -0.4 is 0 Å². The number of carbonyl (C=O) groups is 1. The summed E-state index contributed by atoms with van der Waals surface area (Å²) in [5.74, 6) is 0.148. The highest BCUT2D eigenvalue weighted by Gasteiger charge is 2.36. The lowest BCUT2D eigenvalue weighted by Gasteiger charge is -2.15. The molecule has 1 aliphatic heterocycles. The zero-order valence-electron chi connectivity index (χ0n) is 9.21. The van der Waals surface area contributed by atoms with Crippen molar-refractivity contribution in [1.82, 2.24) is 0 Å². The predicted molar refractivity (Wildman–Crippen MR) is 59.2 cm³/mol. The zero-order valence-corrected chi connectivity index (χ0v) is 9.21. The van der Waals surface area contributed by atoms with Gasteiger partial charge in [0.05, 0.1) is 7.11 Å². The van der Waals surface area contributed by atoms with Crippen LogP contribution in [0.3, 0.4) is 0 Å². The molecule has 0 aromatic heterocycles. The number of methoxy groups -OCH3 is 1. The molecule has 2 atom stereocenters. The van der Waals surface area contributed by atoms with Gasteiger partial charge in [-0.25, -0.2) is 9.79 Å². The van der Waals surface area contributed by atoms with Crippen LogP contribution in [-0.4, -0.2) is 25.0 Å². The Morgan fingerprint density at radius 3 is 2.69 bits per heavy atom. The van der Waals surface area contributed by atoms with Crippen LogP contribution in [0.15, 0.2) is 35.3 Å². The Labute approximate surface area is 93.9 Å². The lowest BCUT2D eigenvalue weighted by molar-refractivity contribution is -0.143. The number of hydrogen-bond donors (Lipinski definition) is 0. The van der Waals surface area contributed by atoms with E-state index in [0.717, 1.165) is 5.56 Å². The number of hydrogen-bond acceptors (Lipinski definition) is 4. The van der Waals surface area contributed by atoms with Crippen molar-refractivity contribution in [2.24, 2.45) is 4.99 Å². The van der Waals surface area contributed by atoms with Gasteiger partial charge in [-0.3, -0.25) is 0 Å². The maximum Gasteiger partial charge on any atom is 0.335 e. The quantitative estimate of drug-likeness (QED) is 0.711. The number of ether oxygens (including phenoxy) is 2. The molecule has 1 aliphatic rings. The van der Waals surface area contributed by atoms with Gasteiger partial charge in [0.15, 0.2) is 18.0 Å². The molecule has 0 radical (unpaired) electrons. The van der Waals surface area contributed by atoms with E-state index in [1.807, 2.05) is 30.3 Å². The highest BCUT2D eigenvalue weighted by atomic mass is 16.5. The van der Waals surface area contributed by atoms with Crippen LogP contribution in [0.5, 0.6) is 0 Å². The SMILES string of the molecule is COC(=O)C1N=C(C)OC1c1ccccc1. The minimum absolute atomic E-state index is 0.367. The van der Waals surface area contributed by atoms with Gasteiger partial charge in [-0.1, -0.05) is 30.3 Å². The summed E-state index contributed by atoms with van der Waals surface area (Å²) in [4.78, 5) is 15.7. The lowest BCUT2D eigenvalue weighted by Crippen LogP contribution is -2.25. The maximum atomic E-state index is 11.5. The van der Waals surface area contributed by atoms with E-state index in [2.05, 4.69) is 4.99 Å². The normalized spacial score (nSPS) is 23.5. The van der Waals surface area contributed by atoms with Crippen LogP contribution in [-0.2, 0) is 14.3 Å². The van der Waals surface area contributed by atoms with Crippen molar-refractivity contribution in [3.05, 3.63) is 35.9 Å². The summed E-state index contributed by atoms with van der Waals surface area (Å²) in [5.41, 5.74) is 0.929. The van der Waals surface area contributed by atoms with Crippen molar-refractivity contribution in [3.8, 4) is 0 Å². The van der Waals surface area contributed by atoms with Gasteiger partial charge in [0.1, 0.15) is 0 Å². The number of nitrogens with zero attached hydrogens (tertiary/aromatic N) is 1. The topological polar surface area (TPSA) is 47.9 Å². The molecule has 2 unspecified atom stereocenters. The van der Waals surface area contributed by atoms with Crippen molar-refractivity contribution in [3.63, 3.8) is 0 Å². The summed E-state index contributed by atoms with van der Waals surface area (Å²) >= 11 is 0. The molecule has 0 saturated carbocycles. The van der Waals surface area contributed by atoms with E-state index >= 15 is 0 Å². The molecule has 0 aliphatic carbocycles. The molecule has 0 bridgehead atoms. The minimum Gasteiger partial charge on any atom is -0.470 e. The Kier molecular flexibility index (Phi) is 2.90. The molecule has 0 fully saturated rings. The van der Waals surface area contributed by atoms with Crippen molar-refractivity contribution < 1.29 is 14.3 Å². The number of rotatable bonds is 2. The van der Waals surface area contributed by atoms with E-state index in [1.54, 1.807) is 6.92 Å². The van der Waals surface area contributed by atoms with Gasteiger partial charge in [0, 0.05) is 6.92 Å². The highest BCUT2D eigenvalue weighted by molar-refractivity contribution is 5.85. The summed E-state index contributed by atoms with van der Waals surface area (Å²) in [6.45, 7) is 1.74. The molecule has 84 valence electrons. The first kappa shape index (κ1) is 10.7.